The van der Waals surface area contributed by atoms with Gasteiger partial charge in [0.25, 0.3) is 0 Å². The number of nitrogens with one attached hydrogen (secondary N) is 1. The van der Waals surface area contributed by atoms with Gasteiger partial charge in [0.1, 0.15) is 0 Å². The van der Waals surface area contributed by atoms with Gasteiger partial charge in [-0.1, -0.05) is 18.5 Å². The van der Waals surface area contributed by atoms with E-state index in [1.54, 1.807) is 0 Å². The van der Waals surface area contributed by atoms with Crippen LogP contribution in [-0.2, 0) is 0 Å². The summed E-state index contributed by atoms with van der Waals surface area (Å²) in [5.74, 6) is 2.11. The zero-order chi connectivity index (χ0) is 14.7. The third-order valence-electron chi connectivity index (χ3n) is 3.34. The molecule has 0 spiro atoms. The molecule has 5 nitrogen and oxygen atoms in total. The maximum absolute atomic E-state index is 6.02. The summed E-state index contributed by atoms with van der Waals surface area (Å²) in [7, 11) is 0. The molecule has 0 aromatic carbocycles. The van der Waals surface area contributed by atoms with E-state index >= 15 is 0 Å². The van der Waals surface area contributed by atoms with Gasteiger partial charge in [0.15, 0.2) is 5.82 Å². The Bertz CT molecular complexity index is 609. The van der Waals surface area contributed by atoms with Crippen molar-refractivity contribution in [1.82, 2.24) is 15.0 Å². The van der Waals surface area contributed by atoms with Gasteiger partial charge >= 0.3 is 0 Å². The number of thiophene rings is 1. The Labute approximate surface area is 133 Å². The van der Waals surface area contributed by atoms with Crippen molar-refractivity contribution < 1.29 is 0 Å². The molecule has 0 amide bonds. The van der Waals surface area contributed by atoms with Crippen molar-refractivity contribution in [2.24, 2.45) is 0 Å². The first-order valence-corrected chi connectivity index (χ1v) is 8.46. The molecule has 1 aliphatic rings. The fourth-order valence-corrected chi connectivity index (χ4v) is 3.26. The normalized spacial score (nSPS) is 14.7. The topological polar surface area (TPSA) is 53.9 Å². The molecule has 1 aliphatic heterocycles. The molecule has 0 aliphatic carbocycles. The van der Waals surface area contributed by atoms with E-state index in [0.29, 0.717) is 11.8 Å². The van der Waals surface area contributed by atoms with Gasteiger partial charge in [-0.3, -0.25) is 0 Å². The summed E-state index contributed by atoms with van der Waals surface area (Å²) in [6.45, 7) is 5.01. The van der Waals surface area contributed by atoms with Gasteiger partial charge in [-0.15, -0.1) is 11.3 Å². The minimum atomic E-state index is 0.647. The predicted molar refractivity (Wildman–Crippen MR) is 88.4 cm³/mol. The van der Waals surface area contributed by atoms with E-state index in [0.717, 1.165) is 41.2 Å². The van der Waals surface area contributed by atoms with E-state index in [-0.39, 0.29) is 0 Å². The monoisotopic (exact) mass is 323 g/mol. The average molecular weight is 324 g/mol. The van der Waals surface area contributed by atoms with Crippen molar-refractivity contribution in [1.29, 1.82) is 0 Å². The standard InChI is InChI=1S/C14H18ClN5S/c1-2-7-16-13-17-12(10-5-6-11(15)21-10)18-14(19-13)20-8-3-4-9-20/h5-6H,2-4,7-9H2,1H3,(H,16,17,18,19). The zero-order valence-corrected chi connectivity index (χ0v) is 13.5. The number of hydrogen-bond donors (Lipinski definition) is 1. The molecule has 3 heterocycles. The molecule has 2 aromatic rings. The highest BCUT2D eigenvalue weighted by Gasteiger charge is 2.18. The summed E-state index contributed by atoms with van der Waals surface area (Å²) >= 11 is 7.51. The third kappa shape index (κ3) is 3.44. The Balaban J connectivity index is 1.95. The number of halogens is 1. The molecule has 1 N–H and O–H groups in total. The second-order valence-corrected chi connectivity index (χ2v) is 6.72. The van der Waals surface area contributed by atoms with Gasteiger partial charge in [0.05, 0.1) is 9.21 Å². The van der Waals surface area contributed by atoms with E-state index in [9.17, 15) is 0 Å². The zero-order valence-electron chi connectivity index (χ0n) is 12.0. The summed E-state index contributed by atoms with van der Waals surface area (Å²) in [6.07, 6.45) is 3.43. The second-order valence-electron chi connectivity index (χ2n) is 5.01. The molecule has 7 heteroatoms. The van der Waals surface area contributed by atoms with E-state index in [1.165, 1.54) is 24.2 Å². The molecule has 0 saturated carbocycles. The quantitative estimate of drug-likeness (QED) is 0.909. The lowest BCUT2D eigenvalue weighted by Gasteiger charge is -2.16. The highest BCUT2D eigenvalue weighted by molar-refractivity contribution is 7.19. The van der Waals surface area contributed by atoms with Gasteiger partial charge in [-0.25, -0.2) is 0 Å². The van der Waals surface area contributed by atoms with E-state index in [4.69, 9.17) is 11.6 Å². The molecule has 0 radical (unpaired) electrons. The Kier molecular flexibility index (Phi) is 4.55. The van der Waals surface area contributed by atoms with Gasteiger partial charge in [0.2, 0.25) is 11.9 Å². The molecule has 112 valence electrons. The van der Waals surface area contributed by atoms with Crippen LogP contribution < -0.4 is 10.2 Å². The van der Waals surface area contributed by atoms with Crippen molar-refractivity contribution in [2.45, 2.75) is 26.2 Å². The van der Waals surface area contributed by atoms with Crippen molar-refractivity contribution in [3.8, 4) is 10.7 Å². The maximum atomic E-state index is 6.02. The van der Waals surface area contributed by atoms with Crippen molar-refractivity contribution >= 4 is 34.8 Å². The van der Waals surface area contributed by atoms with E-state index in [1.807, 2.05) is 12.1 Å². The minimum absolute atomic E-state index is 0.647. The largest absolute Gasteiger partial charge is 0.354 e. The number of nitrogens with zero attached hydrogens (tertiary/aromatic N) is 4. The van der Waals surface area contributed by atoms with Crippen molar-refractivity contribution in [3.05, 3.63) is 16.5 Å². The van der Waals surface area contributed by atoms with Crippen molar-refractivity contribution in [3.63, 3.8) is 0 Å². The number of hydrogen-bond acceptors (Lipinski definition) is 6. The van der Waals surface area contributed by atoms with Crippen LogP contribution in [0.15, 0.2) is 12.1 Å². The van der Waals surface area contributed by atoms with Gasteiger partial charge in [-0.05, 0) is 31.4 Å². The minimum Gasteiger partial charge on any atom is -0.354 e. The SMILES string of the molecule is CCCNc1nc(-c2ccc(Cl)s2)nc(N2CCCC2)n1. The Hall–Kier alpha value is -1.40. The Morgan fingerprint density at radius 3 is 2.71 bits per heavy atom. The summed E-state index contributed by atoms with van der Waals surface area (Å²) in [6, 6.07) is 3.83. The van der Waals surface area contributed by atoms with Crippen LogP contribution in [0, 0.1) is 0 Å². The summed E-state index contributed by atoms with van der Waals surface area (Å²) in [5, 5.41) is 3.26. The van der Waals surface area contributed by atoms with Crippen LogP contribution in [0.4, 0.5) is 11.9 Å². The molecule has 3 rings (SSSR count). The first-order valence-electron chi connectivity index (χ1n) is 7.27. The van der Waals surface area contributed by atoms with Gasteiger partial charge in [-0.2, -0.15) is 15.0 Å². The van der Waals surface area contributed by atoms with E-state index in [2.05, 4.69) is 32.1 Å². The van der Waals surface area contributed by atoms with E-state index < -0.39 is 0 Å². The predicted octanol–water partition coefficient (Wildman–Crippen LogP) is 3.68. The smallest absolute Gasteiger partial charge is 0.230 e. The first kappa shape index (κ1) is 14.5. The third-order valence-corrected chi connectivity index (χ3v) is 4.57. The highest BCUT2D eigenvalue weighted by atomic mass is 35.5. The average Bonchev–Trinajstić information content (AvgIpc) is 3.16. The molecule has 21 heavy (non-hydrogen) atoms. The molecular formula is C14H18ClN5S. The Morgan fingerprint density at radius 1 is 1.24 bits per heavy atom. The summed E-state index contributed by atoms with van der Waals surface area (Å²) < 4.78 is 0.746. The maximum Gasteiger partial charge on any atom is 0.230 e. The van der Waals surface area contributed by atoms with Gasteiger partial charge in [0, 0.05) is 19.6 Å². The molecule has 0 bridgehead atoms. The number of anilines is 2. The second kappa shape index (κ2) is 6.58. The first-order chi connectivity index (χ1) is 10.3. The molecular weight excluding hydrogens is 306 g/mol. The lowest BCUT2D eigenvalue weighted by Crippen LogP contribution is -2.22. The fourth-order valence-electron chi connectivity index (χ4n) is 2.28. The highest BCUT2D eigenvalue weighted by Crippen LogP contribution is 2.30. The molecule has 0 atom stereocenters. The molecule has 2 aromatic heterocycles. The van der Waals surface area contributed by atoms with Crippen molar-refractivity contribution in [2.75, 3.05) is 29.9 Å². The number of rotatable bonds is 5. The summed E-state index contributed by atoms with van der Waals surface area (Å²) in [5.41, 5.74) is 0. The van der Waals surface area contributed by atoms with Crippen LogP contribution in [0.25, 0.3) is 10.7 Å². The lowest BCUT2D eigenvalue weighted by atomic mass is 10.4. The molecule has 0 unspecified atom stereocenters. The van der Waals surface area contributed by atoms with Crippen LogP contribution in [0.3, 0.4) is 0 Å². The van der Waals surface area contributed by atoms with Crippen LogP contribution in [0.5, 0.6) is 0 Å². The fraction of sp³-hybridized carbons (Fsp3) is 0.500. The summed E-state index contributed by atoms with van der Waals surface area (Å²) in [4.78, 5) is 16.9. The van der Waals surface area contributed by atoms with Crippen LogP contribution in [-0.4, -0.2) is 34.6 Å². The lowest BCUT2D eigenvalue weighted by molar-refractivity contribution is 0.874. The molecule has 1 fully saturated rings. The molecule has 1 saturated heterocycles. The number of aromatic nitrogens is 3. The van der Waals surface area contributed by atoms with Crippen LogP contribution in [0.2, 0.25) is 4.34 Å². The van der Waals surface area contributed by atoms with Crippen LogP contribution in [0.1, 0.15) is 26.2 Å². The van der Waals surface area contributed by atoms with Gasteiger partial charge < -0.3 is 10.2 Å². The van der Waals surface area contributed by atoms with Crippen LogP contribution >= 0.6 is 22.9 Å². The Morgan fingerprint density at radius 2 is 2.05 bits per heavy atom.